The minimum absolute atomic E-state index is 0. The van der Waals surface area contributed by atoms with Crippen molar-refractivity contribution < 1.29 is 23.0 Å². The van der Waals surface area contributed by atoms with Crippen LogP contribution in [0.5, 0.6) is 0 Å². The summed E-state index contributed by atoms with van der Waals surface area (Å²) in [7, 11) is -7.37. The van der Waals surface area contributed by atoms with Crippen LogP contribution < -0.4 is 50.0 Å². The van der Waals surface area contributed by atoms with E-state index < -0.39 is 27.5 Å². The third-order valence-corrected chi connectivity index (χ3v) is 33.9. The molecule has 5 heteroatoms. The van der Waals surface area contributed by atoms with E-state index in [-0.39, 0.29) is 24.3 Å². The fraction of sp³-hybridized carbons (Fsp3) is 0.0583. The van der Waals surface area contributed by atoms with E-state index in [1.807, 2.05) is 0 Å². The van der Waals surface area contributed by atoms with Gasteiger partial charge in [0.1, 0.15) is 0 Å². The monoisotopic (exact) mass is 1470 g/mol. The molecule has 0 saturated carbocycles. The molecular formula is C103H74BrLiOSi2. The van der Waals surface area contributed by atoms with Crippen LogP contribution in [-0.2, 0) is 20.4 Å². The molecule has 16 aromatic carbocycles. The summed E-state index contributed by atoms with van der Waals surface area (Å²) in [4.78, 5) is 0. The Hall–Kier alpha value is -11.0. The molecule has 6 aliphatic rings. The van der Waals surface area contributed by atoms with Gasteiger partial charge < -0.3 is 11.0 Å². The second kappa shape index (κ2) is 26.7. The van der Waals surface area contributed by atoms with Gasteiger partial charge in [-0.05, 0) is 177 Å². The number of halogens is 1. The van der Waals surface area contributed by atoms with Gasteiger partial charge in [0.15, 0.2) is 0 Å². The topological polar surface area (TPSA) is 9.23 Å². The largest absolute Gasteiger partial charge is 1.00 e. The second-order valence-corrected chi connectivity index (χ2v) is 37.1. The molecular weight excluding hydrogens is 1400 g/mol. The Balaban J connectivity index is 0.000000213. The van der Waals surface area contributed by atoms with E-state index in [1.165, 1.54) is 171 Å². The first-order valence-corrected chi connectivity index (χ1v) is 42.2. The van der Waals surface area contributed by atoms with Crippen LogP contribution in [0.4, 0.5) is 0 Å². The van der Waals surface area contributed by atoms with E-state index in [2.05, 4.69) is 424 Å². The number of hydrogen-bond donors (Lipinski definition) is 0. The predicted molar refractivity (Wildman–Crippen MR) is 452 cm³/mol. The quantitative estimate of drug-likeness (QED) is 0.0795. The summed E-state index contributed by atoms with van der Waals surface area (Å²) in [5.74, 6) is 0. The standard InChI is InChI=1S/C74H50OSi2.C25H15Br.C4H9.Li/c1-5-25-51(26-6-1)76(52-27-7-2-8-28-52,55-45-47-63-61-37-17-23-43-69(61)73(71(63)49-55)65-39-19-13-33-57(65)58-34-14-20-40-66(58)73)75-77(53-29-9-3-10-30-53,54-31-11-4-12-32-54)56-46-48-64-62-38-18-24-44-70(62)74(72(64)50-56)67-41-21-15-35-59(67)60-36-16-22-42-68(60)74;26-16-13-14-20-19-9-3-6-12-23(19)25(24(20)15-16)21-10-4-1-7-17(21)18-8-2-5-11-22(18)25;1-3-4-2;/h1-50H;1-15H;1,3-4H2,2H3;/q;;-1;+1. The molecule has 108 heavy (non-hydrogen) atoms. The first-order valence-electron chi connectivity index (χ1n) is 37.6. The van der Waals surface area contributed by atoms with Crippen molar-refractivity contribution in [3.63, 3.8) is 0 Å². The zero-order valence-corrected chi connectivity index (χ0v) is 64.0. The van der Waals surface area contributed by atoms with Gasteiger partial charge in [0, 0.05) is 4.47 Å². The van der Waals surface area contributed by atoms with Gasteiger partial charge in [0.05, 0.1) is 16.2 Å². The fourth-order valence-electron chi connectivity index (χ4n) is 20.0. The first kappa shape index (κ1) is 67.6. The van der Waals surface area contributed by atoms with Crippen molar-refractivity contribution in [2.75, 3.05) is 0 Å². The van der Waals surface area contributed by atoms with Gasteiger partial charge in [0.25, 0.3) is 16.6 Å². The average molecular weight is 1470 g/mol. The van der Waals surface area contributed by atoms with Gasteiger partial charge in [-0.15, -0.1) is 0 Å². The molecule has 1 nitrogen and oxygen atoms in total. The van der Waals surface area contributed by atoms with Crippen LogP contribution in [0.25, 0.3) is 66.8 Å². The van der Waals surface area contributed by atoms with Crippen LogP contribution in [0.3, 0.4) is 0 Å². The smallest absolute Gasteiger partial charge is 0.435 e. The van der Waals surface area contributed by atoms with Crippen molar-refractivity contribution in [2.24, 2.45) is 0 Å². The minimum Gasteiger partial charge on any atom is -0.435 e. The molecule has 0 bridgehead atoms. The summed E-state index contributed by atoms with van der Waals surface area (Å²) in [6.45, 7) is 5.72. The number of unbranched alkanes of at least 4 members (excludes halogenated alkanes) is 1. The predicted octanol–water partition coefficient (Wildman–Crippen LogP) is 18.4. The Morgan fingerprint density at radius 1 is 0.231 bits per heavy atom. The molecule has 16 aromatic rings. The zero-order chi connectivity index (χ0) is 71.5. The van der Waals surface area contributed by atoms with Crippen molar-refractivity contribution in [3.05, 3.63) is 472 Å². The maximum Gasteiger partial charge on any atom is 1.00 e. The van der Waals surface area contributed by atoms with Crippen molar-refractivity contribution >= 4 is 63.7 Å². The van der Waals surface area contributed by atoms with E-state index >= 15 is 0 Å². The summed E-state index contributed by atoms with van der Waals surface area (Å²) in [6.07, 6.45) is 2.28. The molecule has 0 aromatic heterocycles. The van der Waals surface area contributed by atoms with E-state index in [1.54, 1.807) is 0 Å². The van der Waals surface area contributed by atoms with Gasteiger partial charge in [-0.2, -0.15) is 6.42 Å². The van der Waals surface area contributed by atoms with Crippen LogP contribution in [0.1, 0.15) is 86.5 Å². The maximum absolute atomic E-state index is 9.27. The van der Waals surface area contributed by atoms with Crippen molar-refractivity contribution in [2.45, 2.75) is 36.0 Å². The Labute approximate surface area is 656 Å². The van der Waals surface area contributed by atoms with Crippen LogP contribution >= 0.6 is 15.9 Å². The van der Waals surface area contributed by atoms with Gasteiger partial charge >= 0.3 is 18.9 Å². The summed E-state index contributed by atoms with van der Waals surface area (Å²) in [5, 5.41) is 7.25. The zero-order valence-electron chi connectivity index (χ0n) is 60.4. The van der Waals surface area contributed by atoms with E-state index in [0.717, 1.165) is 10.9 Å². The molecule has 22 rings (SSSR count). The number of hydrogen-bond acceptors (Lipinski definition) is 1. The molecule has 508 valence electrons. The fourth-order valence-corrected chi connectivity index (χ4v) is 31.0. The first-order chi connectivity index (χ1) is 52.9. The van der Waals surface area contributed by atoms with E-state index in [4.69, 9.17) is 0 Å². The second-order valence-electron chi connectivity index (χ2n) is 29.2. The van der Waals surface area contributed by atoms with E-state index in [0.29, 0.717) is 0 Å². The summed E-state index contributed by atoms with van der Waals surface area (Å²) < 4.78 is 10.4. The third-order valence-electron chi connectivity index (χ3n) is 24.1. The van der Waals surface area contributed by atoms with E-state index in [9.17, 15) is 4.12 Å². The molecule has 0 unspecified atom stereocenters. The minimum atomic E-state index is -3.69. The molecule has 0 amide bonds. The van der Waals surface area contributed by atoms with Gasteiger partial charge in [-0.3, -0.25) is 0 Å². The average Bonchev–Trinajstić information content (AvgIpc) is 1.53. The van der Waals surface area contributed by atoms with Gasteiger partial charge in [-0.25, -0.2) is 0 Å². The summed E-state index contributed by atoms with van der Waals surface area (Å²) in [6, 6.07) is 148. The molecule has 0 heterocycles. The Morgan fingerprint density at radius 3 is 0.639 bits per heavy atom. The number of fused-ring (bicyclic) bond motifs is 30. The molecule has 0 fully saturated rings. The van der Waals surface area contributed by atoms with Gasteiger partial charge in [0.2, 0.25) is 0 Å². The molecule has 0 aliphatic heterocycles. The molecule has 0 saturated heterocycles. The number of benzene rings is 16. The van der Waals surface area contributed by atoms with Crippen molar-refractivity contribution in [1.29, 1.82) is 0 Å². The molecule has 0 N–H and O–H groups in total. The Morgan fingerprint density at radius 2 is 0.417 bits per heavy atom. The van der Waals surface area contributed by atoms with Crippen LogP contribution in [0.15, 0.2) is 399 Å². The van der Waals surface area contributed by atoms with Crippen LogP contribution in [0, 0.1) is 6.92 Å². The summed E-state index contributed by atoms with van der Waals surface area (Å²) in [5.41, 5.74) is 30.6. The molecule has 0 atom stereocenters. The number of rotatable bonds is 9. The van der Waals surface area contributed by atoms with Crippen LogP contribution in [-0.4, -0.2) is 16.6 Å². The summed E-state index contributed by atoms with van der Waals surface area (Å²) >= 11 is 3.72. The van der Waals surface area contributed by atoms with Crippen molar-refractivity contribution in [1.82, 2.24) is 0 Å². The Kier molecular flexibility index (Phi) is 16.7. The maximum atomic E-state index is 9.27. The Bertz CT molecular complexity index is 5640. The van der Waals surface area contributed by atoms with Gasteiger partial charge in [-0.1, -0.05) is 411 Å². The molecule has 6 aliphatic carbocycles. The molecule has 0 radical (unpaired) electrons. The molecule has 3 spiro atoms. The normalized spacial score (nSPS) is 14.0. The SMILES string of the molecule is Brc1ccc2c(c1)C1(c3ccccc3-c3ccccc31)c1ccccc1-2.[CH2-]CCC.[Li+].c1ccc([Si](O[Si](c2ccccc2)(c2ccccc2)c2ccc3c(c2)C2(c4ccccc4-c4ccccc42)c2ccccc2-3)(c2ccccc2)c2ccc3c(c2)C2(c4ccccc4-c4ccccc42)c2ccccc2-3)cc1. The van der Waals surface area contributed by atoms with Crippen LogP contribution in [0.2, 0.25) is 0 Å². The van der Waals surface area contributed by atoms with Crippen molar-refractivity contribution in [3.8, 4) is 66.8 Å². The third kappa shape index (κ3) is 9.45.